The topological polar surface area (TPSA) is 67.5 Å². The van der Waals surface area contributed by atoms with E-state index in [0.717, 1.165) is 17.7 Å². The molecule has 0 atom stereocenters. The number of fused-ring (bicyclic) bond motifs is 1. The van der Waals surface area contributed by atoms with E-state index in [4.69, 9.17) is 0 Å². The summed E-state index contributed by atoms with van der Waals surface area (Å²) in [4.78, 5) is 10.7. The molecular weight excluding hydrogens is 242 g/mol. The molecule has 1 N–H and O–H groups in total. The fraction of sp³-hybridized carbons (Fsp3) is 0.0714. The van der Waals surface area contributed by atoms with Crippen LogP contribution in [0, 0.1) is 0 Å². The molecule has 94 valence electrons. The Bertz CT molecular complexity index is 732. The standard InChI is InChI=1S/C14H11N3O2/c18-9-11-5-6-17-13(15-16-14(17)8-11)7-10-1-3-12(19)4-2-10/h1-6,8-9,19H,7H2. The predicted octanol–water partition coefficient (Wildman–Crippen LogP) is 1.84. The second-order valence-electron chi connectivity index (χ2n) is 4.27. The molecule has 3 rings (SSSR count). The number of benzene rings is 1. The lowest BCUT2D eigenvalue weighted by atomic mass is 10.1. The third-order valence-corrected chi connectivity index (χ3v) is 2.94. The number of carbonyl (C=O) groups excluding carboxylic acids is 1. The molecule has 0 saturated heterocycles. The average molecular weight is 253 g/mol. The number of aromatic nitrogens is 3. The van der Waals surface area contributed by atoms with Crippen LogP contribution in [0.5, 0.6) is 5.75 Å². The number of aldehydes is 1. The zero-order valence-corrected chi connectivity index (χ0v) is 10.0. The molecule has 0 aliphatic heterocycles. The Morgan fingerprint density at radius 1 is 1.16 bits per heavy atom. The molecule has 0 aliphatic rings. The molecule has 0 fully saturated rings. The molecule has 0 bridgehead atoms. The van der Waals surface area contributed by atoms with E-state index in [1.165, 1.54) is 0 Å². The van der Waals surface area contributed by atoms with Gasteiger partial charge in [-0.15, -0.1) is 10.2 Å². The molecule has 0 unspecified atom stereocenters. The van der Waals surface area contributed by atoms with Crippen LogP contribution in [0.25, 0.3) is 5.65 Å². The zero-order valence-electron chi connectivity index (χ0n) is 10.0. The highest BCUT2D eigenvalue weighted by Crippen LogP contribution is 2.14. The van der Waals surface area contributed by atoms with Gasteiger partial charge in [0.25, 0.3) is 0 Å². The van der Waals surface area contributed by atoms with Crippen molar-refractivity contribution in [3.8, 4) is 5.75 Å². The highest BCUT2D eigenvalue weighted by molar-refractivity contribution is 5.76. The van der Waals surface area contributed by atoms with Crippen molar-refractivity contribution in [2.75, 3.05) is 0 Å². The fourth-order valence-electron chi connectivity index (χ4n) is 1.95. The van der Waals surface area contributed by atoms with Crippen LogP contribution in [0.15, 0.2) is 42.6 Å². The molecule has 2 aromatic heterocycles. The SMILES string of the molecule is O=Cc1ccn2c(Cc3ccc(O)cc3)nnc2c1. The average Bonchev–Trinajstić information content (AvgIpc) is 2.83. The highest BCUT2D eigenvalue weighted by atomic mass is 16.3. The first-order chi connectivity index (χ1) is 9.26. The Balaban J connectivity index is 1.97. The van der Waals surface area contributed by atoms with Crippen molar-refractivity contribution in [3.05, 3.63) is 59.5 Å². The summed E-state index contributed by atoms with van der Waals surface area (Å²) >= 11 is 0. The van der Waals surface area contributed by atoms with Gasteiger partial charge in [-0.1, -0.05) is 12.1 Å². The molecule has 0 spiro atoms. The molecule has 0 saturated carbocycles. The van der Waals surface area contributed by atoms with Crippen LogP contribution in [0.4, 0.5) is 0 Å². The van der Waals surface area contributed by atoms with Gasteiger partial charge in [0.2, 0.25) is 0 Å². The van der Waals surface area contributed by atoms with Crippen molar-refractivity contribution in [2.45, 2.75) is 6.42 Å². The van der Waals surface area contributed by atoms with Crippen LogP contribution < -0.4 is 0 Å². The second-order valence-corrected chi connectivity index (χ2v) is 4.27. The van der Waals surface area contributed by atoms with E-state index in [1.54, 1.807) is 30.5 Å². The maximum absolute atomic E-state index is 10.7. The number of rotatable bonds is 3. The van der Waals surface area contributed by atoms with Crippen molar-refractivity contribution in [2.24, 2.45) is 0 Å². The lowest BCUT2D eigenvalue weighted by molar-refractivity contribution is 0.112. The summed E-state index contributed by atoms with van der Waals surface area (Å²) in [7, 11) is 0. The van der Waals surface area contributed by atoms with Crippen molar-refractivity contribution in [1.29, 1.82) is 0 Å². The highest BCUT2D eigenvalue weighted by Gasteiger charge is 2.06. The van der Waals surface area contributed by atoms with Crippen LogP contribution in [-0.2, 0) is 6.42 Å². The number of carbonyl (C=O) groups is 1. The number of phenols is 1. The minimum atomic E-state index is 0.241. The van der Waals surface area contributed by atoms with Gasteiger partial charge >= 0.3 is 0 Å². The first-order valence-electron chi connectivity index (χ1n) is 5.83. The molecule has 0 aliphatic carbocycles. The molecule has 3 aromatic rings. The lowest BCUT2D eigenvalue weighted by Crippen LogP contribution is -1.96. The van der Waals surface area contributed by atoms with Crippen LogP contribution in [0.3, 0.4) is 0 Å². The maximum atomic E-state index is 10.7. The third kappa shape index (κ3) is 2.18. The summed E-state index contributed by atoms with van der Waals surface area (Å²) in [5, 5.41) is 17.4. The molecule has 5 nitrogen and oxygen atoms in total. The quantitative estimate of drug-likeness (QED) is 0.723. The minimum absolute atomic E-state index is 0.241. The van der Waals surface area contributed by atoms with E-state index in [9.17, 15) is 9.90 Å². The normalized spacial score (nSPS) is 10.7. The summed E-state index contributed by atoms with van der Waals surface area (Å²) in [5.74, 6) is 1.03. The van der Waals surface area contributed by atoms with Crippen molar-refractivity contribution in [3.63, 3.8) is 0 Å². The summed E-state index contributed by atoms with van der Waals surface area (Å²) in [6.07, 6.45) is 3.19. The van der Waals surface area contributed by atoms with Crippen molar-refractivity contribution >= 4 is 11.9 Å². The van der Waals surface area contributed by atoms with Crippen LogP contribution >= 0.6 is 0 Å². The summed E-state index contributed by atoms with van der Waals surface area (Å²) in [5.41, 5.74) is 2.26. The van der Waals surface area contributed by atoms with Crippen LogP contribution in [0.2, 0.25) is 0 Å². The summed E-state index contributed by atoms with van der Waals surface area (Å²) < 4.78 is 1.85. The van der Waals surface area contributed by atoms with Crippen LogP contribution in [-0.4, -0.2) is 26.0 Å². The second kappa shape index (κ2) is 4.53. The molecule has 1 aromatic carbocycles. The molecule has 19 heavy (non-hydrogen) atoms. The Labute approximate surface area is 109 Å². The third-order valence-electron chi connectivity index (χ3n) is 2.94. The van der Waals surface area contributed by atoms with Gasteiger partial charge in [-0.2, -0.15) is 0 Å². The number of hydrogen-bond acceptors (Lipinski definition) is 4. The minimum Gasteiger partial charge on any atom is -0.508 e. The lowest BCUT2D eigenvalue weighted by Gasteiger charge is -2.01. The number of nitrogens with zero attached hydrogens (tertiary/aromatic N) is 3. The molecular formula is C14H11N3O2. The molecule has 5 heteroatoms. The smallest absolute Gasteiger partial charge is 0.161 e. The predicted molar refractivity (Wildman–Crippen MR) is 69.3 cm³/mol. The Kier molecular flexibility index (Phi) is 2.72. The summed E-state index contributed by atoms with van der Waals surface area (Å²) in [6, 6.07) is 10.4. The number of aromatic hydroxyl groups is 1. The van der Waals surface area contributed by atoms with E-state index in [2.05, 4.69) is 10.2 Å². The van der Waals surface area contributed by atoms with Gasteiger partial charge in [0.05, 0.1) is 0 Å². The van der Waals surface area contributed by atoms with E-state index < -0.39 is 0 Å². The van der Waals surface area contributed by atoms with E-state index in [-0.39, 0.29) is 5.75 Å². The van der Waals surface area contributed by atoms with E-state index >= 15 is 0 Å². The number of phenolic OH excluding ortho intramolecular Hbond substituents is 1. The molecule has 0 amide bonds. The Morgan fingerprint density at radius 2 is 1.95 bits per heavy atom. The number of hydrogen-bond donors (Lipinski definition) is 1. The zero-order chi connectivity index (χ0) is 13.2. The van der Waals surface area contributed by atoms with Crippen molar-refractivity contribution < 1.29 is 9.90 Å². The van der Waals surface area contributed by atoms with Gasteiger partial charge in [0.1, 0.15) is 17.9 Å². The van der Waals surface area contributed by atoms with Gasteiger partial charge in [-0.3, -0.25) is 9.20 Å². The van der Waals surface area contributed by atoms with Gasteiger partial charge in [0.15, 0.2) is 5.65 Å². The maximum Gasteiger partial charge on any atom is 0.161 e. The van der Waals surface area contributed by atoms with E-state index in [0.29, 0.717) is 17.6 Å². The van der Waals surface area contributed by atoms with Crippen molar-refractivity contribution in [1.82, 2.24) is 14.6 Å². The molecule has 0 radical (unpaired) electrons. The Hall–Kier alpha value is -2.69. The largest absolute Gasteiger partial charge is 0.508 e. The first kappa shape index (κ1) is 11.4. The van der Waals surface area contributed by atoms with Gasteiger partial charge in [0, 0.05) is 18.2 Å². The fourth-order valence-corrected chi connectivity index (χ4v) is 1.95. The molecule has 2 heterocycles. The summed E-state index contributed by atoms with van der Waals surface area (Å²) in [6.45, 7) is 0. The number of pyridine rings is 1. The van der Waals surface area contributed by atoms with Gasteiger partial charge < -0.3 is 5.11 Å². The van der Waals surface area contributed by atoms with E-state index in [1.807, 2.05) is 16.5 Å². The van der Waals surface area contributed by atoms with Crippen LogP contribution in [0.1, 0.15) is 21.7 Å². The first-order valence-corrected chi connectivity index (χ1v) is 5.83. The van der Waals surface area contributed by atoms with Gasteiger partial charge in [-0.25, -0.2) is 0 Å². The van der Waals surface area contributed by atoms with Gasteiger partial charge in [-0.05, 0) is 29.8 Å². The monoisotopic (exact) mass is 253 g/mol. The Morgan fingerprint density at radius 3 is 2.68 bits per heavy atom.